The SMILES string of the molecule is CCc1nnc(NC(=O)c2cc(F)c(Cl)cc2Cl)s1. The van der Waals surface area contributed by atoms with Gasteiger partial charge in [0.15, 0.2) is 0 Å². The van der Waals surface area contributed by atoms with E-state index >= 15 is 0 Å². The average Bonchev–Trinajstić information content (AvgIpc) is 2.81. The Bertz CT molecular complexity index is 632. The molecule has 1 heterocycles. The summed E-state index contributed by atoms with van der Waals surface area (Å²) in [6, 6.07) is 2.17. The number of amides is 1. The summed E-state index contributed by atoms with van der Waals surface area (Å²) in [6.45, 7) is 1.93. The Balaban J connectivity index is 2.22. The lowest BCUT2D eigenvalue weighted by Crippen LogP contribution is -2.12. The fourth-order valence-corrected chi connectivity index (χ4v) is 2.45. The maximum absolute atomic E-state index is 13.3. The van der Waals surface area contributed by atoms with E-state index in [1.54, 1.807) is 0 Å². The van der Waals surface area contributed by atoms with E-state index in [1.807, 2.05) is 6.92 Å². The Morgan fingerprint density at radius 1 is 1.37 bits per heavy atom. The van der Waals surface area contributed by atoms with Crippen molar-refractivity contribution in [2.75, 3.05) is 5.32 Å². The van der Waals surface area contributed by atoms with Crippen molar-refractivity contribution in [2.45, 2.75) is 13.3 Å². The molecule has 2 rings (SSSR count). The monoisotopic (exact) mass is 319 g/mol. The molecule has 4 nitrogen and oxygen atoms in total. The molecule has 0 aliphatic heterocycles. The number of anilines is 1. The molecular formula is C11H8Cl2FN3OS. The fourth-order valence-electron chi connectivity index (χ4n) is 1.31. The first kappa shape index (κ1) is 14.2. The first-order chi connectivity index (χ1) is 9.01. The van der Waals surface area contributed by atoms with Crippen LogP contribution in [0.4, 0.5) is 9.52 Å². The van der Waals surface area contributed by atoms with Gasteiger partial charge >= 0.3 is 0 Å². The molecule has 8 heteroatoms. The molecule has 0 aliphatic carbocycles. The van der Waals surface area contributed by atoms with Gasteiger partial charge in [-0.05, 0) is 18.6 Å². The zero-order valence-electron chi connectivity index (χ0n) is 9.71. The smallest absolute Gasteiger partial charge is 0.259 e. The summed E-state index contributed by atoms with van der Waals surface area (Å²) in [6.07, 6.45) is 0.726. The number of nitrogens with one attached hydrogen (secondary N) is 1. The second kappa shape index (κ2) is 5.81. The van der Waals surface area contributed by atoms with Gasteiger partial charge in [0.1, 0.15) is 10.8 Å². The molecule has 0 unspecified atom stereocenters. The minimum Gasteiger partial charge on any atom is -0.296 e. The molecule has 0 saturated carbocycles. The molecule has 100 valence electrons. The van der Waals surface area contributed by atoms with Crippen LogP contribution in [0.1, 0.15) is 22.3 Å². The van der Waals surface area contributed by atoms with Crippen LogP contribution < -0.4 is 5.32 Å². The van der Waals surface area contributed by atoms with Gasteiger partial charge in [-0.1, -0.05) is 41.5 Å². The quantitative estimate of drug-likeness (QED) is 0.875. The molecule has 0 aliphatic rings. The zero-order chi connectivity index (χ0) is 14.0. The Labute approximate surface area is 122 Å². The summed E-state index contributed by atoms with van der Waals surface area (Å²) >= 11 is 12.7. The molecule has 19 heavy (non-hydrogen) atoms. The third-order valence-corrected chi connectivity index (χ3v) is 3.83. The van der Waals surface area contributed by atoms with Gasteiger partial charge in [-0.3, -0.25) is 10.1 Å². The molecule has 0 bridgehead atoms. The molecule has 0 radical (unpaired) electrons. The number of rotatable bonds is 3. The lowest BCUT2D eigenvalue weighted by Gasteiger charge is -2.04. The largest absolute Gasteiger partial charge is 0.296 e. The third kappa shape index (κ3) is 3.20. The highest BCUT2D eigenvalue weighted by molar-refractivity contribution is 7.15. The predicted octanol–water partition coefficient (Wildman–Crippen LogP) is 3.80. The van der Waals surface area contributed by atoms with Crippen LogP contribution in [0.15, 0.2) is 12.1 Å². The maximum atomic E-state index is 13.3. The highest BCUT2D eigenvalue weighted by Gasteiger charge is 2.16. The van der Waals surface area contributed by atoms with E-state index in [1.165, 1.54) is 17.4 Å². The molecule has 1 N–H and O–H groups in total. The number of carbonyl (C=O) groups excluding carboxylic acids is 1. The molecule has 1 amide bonds. The van der Waals surface area contributed by atoms with Crippen LogP contribution in [0.3, 0.4) is 0 Å². The van der Waals surface area contributed by atoms with Gasteiger partial charge in [0, 0.05) is 0 Å². The van der Waals surface area contributed by atoms with Crippen LogP contribution in [0, 0.1) is 5.82 Å². The second-order valence-electron chi connectivity index (χ2n) is 3.55. The number of nitrogens with zero attached hydrogens (tertiary/aromatic N) is 2. The standard InChI is InChI=1S/C11H8Cl2FN3OS/c1-2-9-16-17-11(19-9)15-10(18)5-3-8(14)7(13)4-6(5)12/h3-4H,2H2,1H3,(H,15,17,18). The number of benzene rings is 1. The normalized spacial score (nSPS) is 10.5. The summed E-state index contributed by atoms with van der Waals surface area (Å²) in [5.74, 6) is -1.26. The van der Waals surface area contributed by atoms with Gasteiger partial charge in [0.05, 0.1) is 15.6 Å². The summed E-state index contributed by atoms with van der Waals surface area (Å²) in [5, 5.41) is 11.2. The first-order valence-electron chi connectivity index (χ1n) is 5.29. The van der Waals surface area contributed by atoms with Crippen molar-refractivity contribution >= 4 is 45.6 Å². The first-order valence-corrected chi connectivity index (χ1v) is 6.86. The lowest BCUT2D eigenvalue weighted by atomic mass is 10.2. The van der Waals surface area contributed by atoms with Gasteiger partial charge in [-0.2, -0.15) is 0 Å². The minimum absolute atomic E-state index is 0.00295. The van der Waals surface area contributed by atoms with Crippen molar-refractivity contribution in [1.82, 2.24) is 10.2 Å². The summed E-state index contributed by atoms with van der Waals surface area (Å²) in [4.78, 5) is 11.9. The van der Waals surface area contributed by atoms with Crippen LogP contribution in [0.25, 0.3) is 0 Å². The van der Waals surface area contributed by atoms with Crippen molar-refractivity contribution in [1.29, 1.82) is 0 Å². The highest BCUT2D eigenvalue weighted by atomic mass is 35.5. The second-order valence-corrected chi connectivity index (χ2v) is 5.43. The molecule has 0 saturated heterocycles. The van der Waals surface area contributed by atoms with E-state index in [2.05, 4.69) is 15.5 Å². The summed E-state index contributed by atoms with van der Waals surface area (Å²) in [5.41, 5.74) is -0.00295. The number of aromatic nitrogens is 2. The lowest BCUT2D eigenvalue weighted by molar-refractivity contribution is 0.102. The third-order valence-electron chi connectivity index (χ3n) is 2.24. The number of aryl methyl sites for hydroxylation is 1. The number of halogens is 3. The number of carbonyl (C=O) groups is 1. The van der Waals surface area contributed by atoms with Gasteiger partial charge < -0.3 is 0 Å². The molecule has 0 spiro atoms. The molecule has 1 aromatic carbocycles. The van der Waals surface area contributed by atoms with Crippen LogP contribution in [0.2, 0.25) is 10.0 Å². The summed E-state index contributed by atoms with van der Waals surface area (Å²) in [7, 11) is 0. The molecule has 0 atom stereocenters. The Morgan fingerprint density at radius 3 is 2.74 bits per heavy atom. The van der Waals surface area contributed by atoms with E-state index in [0.717, 1.165) is 17.5 Å². The number of hydrogen-bond donors (Lipinski definition) is 1. The van der Waals surface area contributed by atoms with E-state index in [4.69, 9.17) is 23.2 Å². The predicted molar refractivity (Wildman–Crippen MR) is 73.7 cm³/mol. The highest BCUT2D eigenvalue weighted by Crippen LogP contribution is 2.25. The molecule has 1 aromatic heterocycles. The van der Waals surface area contributed by atoms with Crippen molar-refractivity contribution in [3.05, 3.63) is 38.6 Å². The van der Waals surface area contributed by atoms with Crippen LogP contribution in [-0.2, 0) is 6.42 Å². The topological polar surface area (TPSA) is 54.9 Å². The maximum Gasteiger partial charge on any atom is 0.259 e. The fraction of sp³-hybridized carbons (Fsp3) is 0.182. The van der Waals surface area contributed by atoms with E-state index in [0.29, 0.717) is 5.13 Å². The van der Waals surface area contributed by atoms with E-state index in [-0.39, 0.29) is 15.6 Å². The molecule has 2 aromatic rings. The Morgan fingerprint density at radius 2 is 2.11 bits per heavy atom. The minimum atomic E-state index is -0.706. The molecular weight excluding hydrogens is 312 g/mol. The van der Waals surface area contributed by atoms with Crippen molar-refractivity contribution in [3.8, 4) is 0 Å². The van der Waals surface area contributed by atoms with Crippen LogP contribution >= 0.6 is 34.5 Å². The number of hydrogen-bond acceptors (Lipinski definition) is 4. The average molecular weight is 320 g/mol. The Kier molecular flexibility index (Phi) is 4.34. The van der Waals surface area contributed by atoms with E-state index in [9.17, 15) is 9.18 Å². The van der Waals surface area contributed by atoms with Crippen molar-refractivity contribution in [3.63, 3.8) is 0 Å². The van der Waals surface area contributed by atoms with E-state index < -0.39 is 11.7 Å². The van der Waals surface area contributed by atoms with Crippen LogP contribution in [-0.4, -0.2) is 16.1 Å². The zero-order valence-corrected chi connectivity index (χ0v) is 12.0. The van der Waals surface area contributed by atoms with Crippen molar-refractivity contribution < 1.29 is 9.18 Å². The van der Waals surface area contributed by atoms with Gasteiger partial charge in [0.2, 0.25) is 5.13 Å². The van der Waals surface area contributed by atoms with Gasteiger partial charge in [-0.15, -0.1) is 10.2 Å². The summed E-state index contributed by atoms with van der Waals surface area (Å²) < 4.78 is 13.3. The molecule has 0 fully saturated rings. The van der Waals surface area contributed by atoms with Gasteiger partial charge in [-0.25, -0.2) is 4.39 Å². The van der Waals surface area contributed by atoms with Crippen molar-refractivity contribution in [2.24, 2.45) is 0 Å². The van der Waals surface area contributed by atoms with Crippen LogP contribution in [0.5, 0.6) is 0 Å². The Hall–Kier alpha value is -1.24. The van der Waals surface area contributed by atoms with Gasteiger partial charge in [0.25, 0.3) is 5.91 Å².